The number of rotatable bonds is 5. The number of nitrogens with zero attached hydrogens (tertiary/aromatic N) is 2. The number of hydrogen-bond donors (Lipinski definition) is 1. The van der Waals surface area contributed by atoms with E-state index in [4.69, 9.17) is 9.47 Å². The number of pyridine rings is 1. The molecule has 0 bridgehead atoms. The van der Waals surface area contributed by atoms with E-state index in [2.05, 4.69) is 10.3 Å². The molecule has 1 N–H and O–H groups in total. The summed E-state index contributed by atoms with van der Waals surface area (Å²) in [6, 6.07) is 11.3. The van der Waals surface area contributed by atoms with Crippen LogP contribution in [0.25, 0.3) is 0 Å². The van der Waals surface area contributed by atoms with E-state index in [1.54, 1.807) is 17.2 Å². The van der Waals surface area contributed by atoms with Gasteiger partial charge in [-0.25, -0.2) is 0 Å². The molecule has 1 aliphatic rings. The highest BCUT2D eigenvalue weighted by molar-refractivity contribution is 5.93. The number of amides is 1. The van der Waals surface area contributed by atoms with Gasteiger partial charge in [0.15, 0.2) is 0 Å². The van der Waals surface area contributed by atoms with Crippen LogP contribution in [0.15, 0.2) is 42.6 Å². The molecule has 0 atom stereocenters. The fourth-order valence-electron chi connectivity index (χ4n) is 2.52. The average Bonchev–Trinajstić information content (AvgIpc) is 2.64. The van der Waals surface area contributed by atoms with Crippen molar-refractivity contribution >= 4 is 17.3 Å². The van der Waals surface area contributed by atoms with Crippen molar-refractivity contribution in [2.75, 3.05) is 38.2 Å². The van der Waals surface area contributed by atoms with E-state index in [0.29, 0.717) is 38.6 Å². The highest BCUT2D eigenvalue weighted by atomic mass is 16.5. The molecule has 6 heteroatoms. The zero-order chi connectivity index (χ0) is 16.8. The highest BCUT2D eigenvalue weighted by Crippen LogP contribution is 2.20. The van der Waals surface area contributed by atoms with E-state index in [9.17, 15) is 4.79 Å². The summed E-state index contributed by atoms with van der Waals surface area (Å²) in [6.45, 7) is 4.97. The molecule has 0 unspecified atom stereocenters. The zero-order valence-corrected chi connectivity index (χ0v) is 13.7. The first-order valence-electron chi connectivity index (χ1n) is 8.09. The molecule has 2 heterocycles. The molecule has 24 heavy (non-hydrogen) atoms. The summed E-state index contributed by atoms with van der Waals surface area (Å²) in [4.78, 5) is 18.5. The van der Waals surface area contributed by atoms with Gasteiger partial charge in [-0.3, -0.25) is 9.78 Å². The zero-order valence-electron chi connectivity index (χ0n) is 13.7. The van der Waals surface area contributed by atoms with Crippen molar-refractivity contribution < 1.29 is 14.3 Å². The van der Waals surface area contributed by atoms with Crippen molar-refractivity contribution in [1.82, 2.24) is 9.88 Å². The van der Waals surface area contributed by atoms with Gasteiger partial charge in [-0.05, 0) is 43.3 Å². The monoisotopic (exact) mass is 327 g/mol. The largest absolute Gasteiger partial charge is 0.494 e. The summed E-state index contributed by atoms with van der Waals surface area (Å²) in [5, 5.41) is 3.28. The van der Waals surface area contributed by atoms with Gasteiger partial charge in [0.2, 0.25) is 0 Å². The van der Waals surface area contributed by atoms with Gasteiger partial charge in [0.05, 0.1) is 19.8 Å². The Morgan fingerprint density at radius 2 is 1.96 bits per heavy atom. The van der Waals surface area contributed by atoms with E-state index in [1.165, 1.54) is 0 Å². The van der Waals surface area contributed by atoms with Crippen LogP contribution < -0.4 is 10.1 Å². The molecule has 1 saturated heterocycles. The third-order valence-corrected chi connectivity index (χ3v) is 3.73. The second kappa shape index (κ2) is 7.79. The third-order valence-electron chi connectivity index (χ3n) is 3.73. The van der Waals surface area contributed by atoms with Crippen LogP contribution >= 0.6 is 0 Å². The summed E-state index contributed by atoms with van der Waals surface area (Å²) >= 11 is 0. The molecule has 1 aromatic carbocycles. The van der Waals surface area contributed by atoms with Gasteiger partial charge < -0.3 is 19.7 Å². The lowest BCUT2D eigenvalue weighted by Gasteiger charge is -2.26. The number of hydrogen-bond acceptors (Lipinski definition) is 5. The van der Waals surface area contributed by atoms with Crippen LogP contribution in [0.4, 0.5) is 11.4 Å². The van der Waals surface area contributed by atoms with Crippen molar-refractivity contribution in [3.05, 3.63) is 48.3 Å². The van der Waals surface area contributed by atoms with Crippen molar-refractivity contribution in [3.8, 4) is 5.75 Å². The topological polar surface area (TPSA) is 63.7 Å². The number of nitrogens with one attached hydrogen (secondary N) is 1. The fraction of sp³-hybridized carbons (Fsp3) is 0.333. The Morgan fingerprint density at radius 3 is 2.67 bits per heavy atom. The summed E-state index contributed by atoms with van der Waals surface area (Å²) in [5.74, 6) is 0.773. The van der Waals surface area contributed by atoms with Crippen LogP contribution in [0.5, 0.6) is 5.75 Å². The van der Waals surface area contributed by atoms with Gasteiger partial charge in [0.25, 0.3) is 5.91 Å². The molecule has 2 aromatic rings. The van der Waals surface area contributed by atoms with Crippen molar-refractivity contribution in [3.63, 3.8) is 0 Å². The smallest absolute Gasteiger partial charge is 0.272 e. The van der Waals surface area contributed by atoms with Crippen LogP contribution in [-0.2, 0) is 4.74 Å². The van der Waals surface area contributed by atoms with E-state index in [0.717, 1.165) is 17.1 Å². The number of ether oxygens (including phenoxy) is 2. The summed E-state index contributed by atoms with van der Waals surface area (Å²) in [6.07, 6.45) is 1.64. The lowest BCUT2D eigenvalue weighted by Crippen LogP contribution is -2.41. The Bertz CT molecular complexity index is 682. The predicted octanol–water partition coefficient (Wildman–Crippen LogP) is 2.70. The van der Waals surface area contributed by atoms with Crippen molar-refractivity contribution in [2.45, 2.75) is 6.92 Å². The average molecular weight is 327 g/mol. The van der Waals surface area contributed by atoms with Gasteiger partial charge in [-0.15, -0.1) is 0 Å². The summed E-state index contributed by atoms with van der Waals surface area (Å²) < 4.78 is 10.7. The second-order valence-electron chi connectivity index (χ2n) is 5.42. The second-order valence-corrected chi connectivity index (χ2v) is 5.42. The first-order valence-corrected chi connectivity index (χ1v) is 8.09. The Labute approximate surface area is 141 Å². The van der Waals surface area contributed by atoms with Crippen molar-refractivity contribution in [2.24, 2.45) is 0 Å². The number of carbonyl (C=O) groups excluding carboxylic acids is 1. The summed E-state index contributed by atoms with van der Waals surface area (Å²) in [7, 11) is 0. The molecule has 1 aliphatic heterocycles. The van der Waals surface area contributed by atoms with Crippen LogP contribution in [0, 0.1) is 0 Å². The van der Waals surface area contributed by atoms with E-state index in [-0.39, 0.29) is 5.91 Å². The van der Waals surface area contributed by atoms with Crippen LogP contribution in [0.1, 0.15) is 17.4 Å². The van der Waals surface area contributed by atoms with Gasteiger partial charge in [-0.1, -0.05) is 0 Å². The molecule has 1 amide bonds. The van der Waals surface area contributed by atoms with E-state index < -0.39 is 0 Å². The fourth-order valence-corrected chi connectivity index (χ4v) is 2.52. The SMILES string of the molecule is CCOc1ccc(Nc2ccnc(C(=O)N3CCOCC3)c2)cc1. The standard InChI is InChI=1S/C18H21N3O3/c1-2-24-16-5-3-14(4-6-16)20-15-7-8-19-17(13-15)18(22)21-9-11-23-12-10-21/h3-8,13H,2,9-12H2,1H3,(H,19,20). The Kier molecular flexibility index (Phi) is 5.28. The molecule has 0 spiro atoms. The van der Waals surface area contributed by atoms with Crippen LogP contribution in [0.3, 0.4) is 0 Å². The Morgan fingerprint density at radius 1 is 1.21 bits per heavy atom. The van der Waals surface area contributed by atoms with Gasteiger partial charge in [0, 0.05) is 30.7 Å². The molecule has 0 aliphatic carbocycles. The molecule has 0 saturated carbocycles. The molecule has 3 rings (SSSR count). The Balaban J connectivity index is 1.69. The number of carbonyl (C=O) groups is 1. The number of anilines is 2. The van der Waals surface area contributed by atoms with Gasteiger partial charge >= 0.3 is 0 Å². The van der Waals surface area contributed by atoms with Gasteiger partial charge in [0.1, 0.15) is 11.4 Å². The van der Waals surface area contributed by atoms with E-state index >= 15 is 0 Å². The maximum Gasteiger partial charge on any atom is 0.272 e. The maximum atomic E-state index is 12.5. The van der Waals surface area contributed by atoms with Crippen molar-refractivity contribution in [1.29, 1.82) is 0 Å². The predicted molar refractivity (Wildman–Crippen MR) is 91.9 cm³/mol. The number of aromatic nitrogens is 1. The lowest BCUT2D eigenvalue weighted by molar-refractivity contribution is 0.0299. The molecular formula is C18H21N3O3. The Hall–Kier alpha value is -2.60. The molecule has 1 fully saturated rings. The minimum atomic E-state index is -0.0614. The van der Waals surface area contributed by atoms with Gasteiger partial charge in [-0.2, -0.15) is 0 Å². The minimum Gasteiger partial charge on any atom is -0.494 e. The first-order chi connectivity index (χ1) is 11.8. The molecule has 126 valence electrons. The quantitative estimate of drug-likeness (QED) is 0.915. The molecule has 6 nitrogen and oxygen atoms in total. The summed E-state index contributed by atoms with van der Waals surface area (Å²) in [5.41, 5.74) is 2.19. The third kappa shape index (κ3) is 4.02. The number of morpholine rings is 1. The molecule has 0 radical (unpaired) electrons. The molecule has 1 aromatic heterocycles. The van der Waals surface area contributed by atoms with Crippen LogP contribution in [0.2, 0.25) is 0 Å². The molecular weight excluding hydrogens is 306 g/mol. The maximum absolute atomic E-state index is 12.5. The lowest BCUT2D eigenvalue weighted by atomic mass is 10.2. The van der Waals surface area contributed by atoms with Crippen LogP contribution in [-0.4, -0.2) is 48.7 Å². The normalized spacial score (nSPS) is 14.3. The van der Waals surface area contributed by atoms with E-state index in [1.807, 2.05) is 37.3 Å². The number of benzene rings is 1. The highest BCUT2D eigenvalue weighted by Gasteiger charge is 2.19. The minimum absolute atomic E-state index is 0.0614. The first kappa shape index (κ1) is 16.3.